The number of aromatic nitrogens is 1. The lowest BCUT2D eigenvalue weighted by Crippen LogP contribution is -2.48. The number of carbonyl (C=O) groups excluding carboxylic acids is 1. The molecule has 1 heterocycles. The Morgan fingerprint density at radius 2 is 1.56 bits per heavy atom. The molecule has 1 amide bonds. The molecule has 0 aliphatic heterocycles. The minimum absolute atomic E-state index is 0.0194. The maximum absolute atomic E-state index is 13.6. The summed E-state index contributed by atoms with van der Waals surface area (Å²) in [5.41, 5.74) is 8.58. The zero-order valence-corrected chi connectivity index (χ0v) is 28.9. The molecule has 12 nitrogen and oxygen atoms in total. The fourth-order valence-electron chi connectivity index (χ4n) is 5.40. The Morgan fingerprint density at radius 3 is 2.21 bits per heavy atom. The zero-order chi connectivity index (χ0) is 35.1. The van der Waals surface area contributed by atoms with Gasteiger partial charge in [-0.3, -0.25) is 9.59 Å². The first-order chi connectivity index (χ1) is 22.7. The Morgan fingerprint density at radius 1 is 0.917 bits per heavy atom. The second-order valence-corrected chi connectivity index (χ2v) is 15.8. The summed E-state index contributed by atoms with van der Waals surface area (Å²) < 4.78 is 57.2. The number of unbranched alkanes of at least 4 members (excludes halogenated alkanes) is 1. The van der Waals surface area contributed by atoms with E-state index in [1.165, 1.54) is 36.4 Å². The smallest absolute Gasteiger partial charge is 0.322 e. The van der Waals surface area contributed by atoms with Crippen molar-refractivity contribution in [3.05, 3.63) is 90.1 Å². The fraction of sp³-hybridized carbons (Fsp3) is 0.353. The van der Waals surface area contributed by atoms with Crippen LogP contribution < -0.4 is 15.8 Å². The van der Waals surface area contributed by atoms with Gasteiger partial charge in [0.2, 0.25) is 26.0 Å². The molecule has 3 aromatic carbocycles. The number of fused-ring (bicyclic) bond motifs is 1. The van der Waals surface area contributed by atoms with E-state index in [0.29, 0.717) is 18.5 Å². The Labute approximate surface area is 281 Å². The first kappa shape index (κ1) is 36.6. The van der Waals surface area contributed by atoms with Crippen LogP contribution >= 0.6 is 0 Å². The van der Waals surface area contributed by atoms with Crippen molar-refractivity contribution in [2.45, 2.75) is 68.3 Å². The number of benzene rings is 3. The summed E-state index contributed by atoms with van der Waals surface area (Å²) in [7, 11) is -8.20. The number of aryl methyl sites for hydroxylation is 1. The maximum Gasteiger partial charge on any atom is 0.322 e. The Kier molecular flexibility index (Phi) is 12.0. The fourth-order valence-corrected chi connectivity index (χ4v) is 8.37. The number of aliphatic carboxylic acids is 1. The summed E-state index contributed by atoms with van der Waals surface area (Å²) in [6.45, 7) is 5.61. The number of carbonyl (C=O) groups is 2. The van der Waals surface area contributed by atoms with Crippen molar-refractivity contribution in [1.82, 2.24) is 19.3 Å². The maximum atomic E-state index is 13.6. The summed E-state index contributed by atoms with van der Waals surface area (Å²) >= 11 is 0. The molecule has 4 aromatic rings. The van der Waals surface area contributed by atoms with Crippen LogP contribution in [0.2, 0.25) is 0 Å². The molecule has 258 valence electrons. The molecular weight excluding hydrogens is 655 g/mol. The predicted molar refractivity (Wildman–Crippen MR) is 185 cm³/mol. The van der Waals surface area contributed by atoms with Crippen LogP contribution in [-0.2, 0) is 36.1 Å². The van der Waals surface area contributed by atoms with Crippen LogP contribution in [0.1, 0.15) is 44.2 Å². The number of nitrogens with two attached hydrogens (primary N) is 1. The first-order valence-electron chi connectivity index (χ1n) is 15.7. The molecule has 0 fully saturated rings. The highest BCUT2D eigenvalue weighted by Gasteiger charge is 2.36. The number of nitrogens with zero attached hydrogens (tertiary/aromatic N) is 1. The Bertz CT molecular complexity index is 1920. The van der Waals surface area contributed by atoms with Crippen molar-refractivity contribution in [2.75, 3.05) is 18.8 Å². The Balaban J connectivity index is 1.45. The molecule has 14 heteroatoms. The first-order valence-corrected chi connectivity index (χ1v) is 18.6. The average Bonchev–Trinajstić information content (AvgIpc) is 3.44. The van der Waals surface area contributed by atoms with Gasteiger partial charge in [0.15, 0.2) is 0 Å². The van der Waals surface area contributed by atoms with Gasteiger partial charge in [0, 0.05) is 35.9 Å². The van der Waals surface area contributed by atoms with Gasteiger partial charge in [0.25, 0.3) is 0 Å². The highest BCUT2D eigenvalue weighted by molar-refractivity contribution is 7.89. The minimum atomic E-state index is -4.10. The van der Waals surface area contributed by atoms with Gasteiger partial charge in [-0.25, -0.2) is 16.8 Å². The number of hydrogen-bond acceptors (Lipinski definition) is 7. The van der Waals surface area contributed by atoms with Gasteiger partial charge >= 0.3 is 5.97 Å². The van der Waals surface area contributed by atoms with Gasteiger partial charge in [0.05, 0.1) is 9.79 Å². The van der Waals surface area contributed by atoms with Gasteiger partial charge in [0.1, 0.15) is 12.1 Å². The summed E-state index contributed by atoms with van der Waals surface area (Å²) in [6.07, 6.45) is 2.44. The number of rotatable bonds is 17. The third-order valence-corrected chi connectivity index (χ3v) is 11.3. The third kappa shape index (κ3) is 9.22. The topological polar surface area (TPSA) is 192 Å². The van der Waals surface area contributed by atoms with Gasteiger partial charge < -0.3 is 21.1 Å². The number of carboxylic acid groups (broad SMARTS) is 1. The molecule has 0 aliphatic carbocycles. The molecule has 0 saturated heterocycles. The number of sulfonamides is 2. The Hall–Kier alpha value is -4.24. The van der Waals surface area contributed by atoms with Crippen LogP contribution in [0.5, 0.6) is 0 Å². The van der Waals surface area contributed by atoms with Gasteiger partial charge in [-0.05, 0) is 86.6 Å². The quantitative estimate of drug-likeness (QED) is 0.0807. The van der Waals surface area contributed by atoms with E-state index in [4.69, 9.17) is 5.73 Å². The standard InChI is InChI=1S/C34H43N5O7S2/c1-23(2)22-39(48(45,46)28-15-11-24(3)12-16-28)32(34(41)42)10-6-7-19-36-33(40)31(20-25-21-37-30-9-5-4-8-29(25)30)38-47(43,44)27-17-13-26(35)14-18-27/h4-5,8-9,11-18,21,23,31-32,37-38H,6-7,10,19-20,22,35H2,1-3H3,(H,36,40)(H,41,42)/t31-,32-/m0/s1. The molecular formula is C34H43N5O7S2. The number of aromatic amines is 1. The molecule has 0 saturated carbocycles. The minimum Gasteiger partial charge on any atom is -0.480 e. The highest BCUT2D eigenvalue weighted by Crippen LogP contribution is 2.24. The SMILES string of the molecule is Cc1ccc(S(=O)(=O)N(CC(C)C)[C@@H](CCCCNC(=O)[C@H](Cc2c[nH]c3ccccc23)NS(=O)(=O)c2ccc(N)cc2)C(=O)O)cc1. The van der Waals surface area contributed by atoms with Crippen LogP contribution in [0.4, 0.5) is 5.69 Å². The lowest BCUT2D eigenvalue weighted by Gasteiger charge is -2.29. The molecule has 6 N–H and O–H groups in total. The number of amides is 1. The largest absolute Gasteiger partial charge is 0.480 e. The number of anilines is 1. The number of nitrogen functional groups attached to an aromatic ring is 1. The van der Waals surface area contributed by atoms with E-state index in [-0.39, 0.29) is 41.6 Å². The van der Waals surface area contributed by atoms with E-state index < -0.39 is 44.0 Å². The molecule has 1 aromatic heterocycles. The number of para-hydroxylation sites is 1. The van der Waals surface area contributed by atoms with E-state index in [1.807, 2.05) is 45.0 Å². The molecule has 0 radical (unpaired) electrons. The van der Waals surface area contributed by atoms with Gasteiger partial charge in [-0.15, -0.1) is 0 Å². The van der Waals surface area contributed by atoms with Crippen LogP contribution in [0.25, 0.3) is 10.9 Å². The van der Waals surface area contributed by atoms with E-state index in [1.54, 1.807) is 18.3 Å². The summed E-state index contributed by atoms with van der Waals surface area (Å²) in [6, 6.07) is 16.9. The monoisotopic (exact) mass is 697 g/mol. The van der Waals surface area contributed by atoms with Crippen molar-refractivity contribution in [3.8, 4) is 0 Å². The molecule has 0 unspecified atom stereocenters. The molecule has 0 spiro atoms. The molecule has 2 atom stereocenters. The van der Waals surface area contributed by atoms with Gasteiger partial charge in [-0.1, -0.05) is 49.7 Å². The van der Waals surface area contributed by atoms with E-state index >= 15 is 0 Å². The number of hydrogen-bond donors (Lipinski definition) is 5. The molecule has 4 rings (SSSR count). The van der Waals surface area contributed by atoms with Crippen LogP contribution in [-0.4, -0.2) is 68.3 Å². The van der Waals surface area contributed by atoms with E-state index in [2.05, 4.69) is 15.0 Å². The van der Waals surface area contributed by atoms with Crippen molar-refractivity contribution in [2.24, 2.45) is 5.92 Å². The lowest BCUT2D eigenvalue weighted by atomic mass is 10.0. The van der Waals surface area contributed by atoms with E-state index in [9.17, 15) is 31.5 Å². The lowest BCUT2D eigenvalue weighted by molar-refractivity contribution is -0.142. The zero-order valence-electron chi connectivity index (χ0n) is 27.2. The van der Waals surface area contributed by atoms with Crippen LogP contribution in [0.15, 0.2) is 88.8 Å². The van der Waals surface area contributed by atoms with Crippen LogP contribution in [0.3, 0.4) is 0 Å². The van der Waals surface area contributed by atoms with Crippen molar-refractivity contribution < 1.29 is 31.5 Å². The predicted octanol–water partition coefficient (Wildman–Crippen LogP) is 4.03. The molecule has 0 aliphatic rings. The van der Waals surface area contributed by atoms with Crippen LogP contribution in [0, 0.1) is 12.8 Å². The number of H-pyrrole nitrogens is 1. The average molecular weight is 698 g/mol. The van der Waals surface area contributed by atoms with Crippen molar-refractivity contribution in [3.63, 3.8) is 0 Å². The summed E-state index contributed by atoms with van der Waals surface area (Å²) in [5.74, 6) is -1.94. The molecule has 48 heavy (non-hydrogen) atoms. The van der Waals surface area contributed by atoms with Crippen molar-refractivity contribution in [1.29, 1.82) is 0 Å². The van der Waals surface area contributed by atoms with Gasteiger partial charge in [-0.2, -0.15) is 9.03 Å². The number of nitrogens with one attached hydrogen (secondary N) is 3. The second kappa shape index (κ2) is 15.8. The highest BCUT2D eigenvalue weighted by atomic mass is 32.2. The molecule has 0 bridgehead atoms. The van der Waals surface area contributed by atoms with Crippen molar-refractivity contribution >= 4 is 48.5 Å². The normalized spacial score (nSPS) is 13.5. The second-order valence-electron chi connectivity index (χ2n) is 12.2. The number of carboxylic acids is 1. The van der Waals surface area contributed by atoms with E-state index in [0.717, 1.165) is 26.3 Å². The third-order valence-electron chi connectivity index (χ3n) is 7.91. The summed E-state index contributed by atoms with van der Waals surface area (Å²) in [4.78, 5) is 29.0. The summed E-state index contributed by atoms with van der Waals surface area (Å²) in [5, 5.41) is 13.7.